The third-order valence-corrected chi connectivity index (χ3v) is 23.4. The Morgan fingerprint density at radius 1 is 0.795 bits per heavy atom. The molecule has 0 bridgehead atoms. The monoisotopic (exact) mass is 1800 g/mol. The second kappa shape index (κ2) is 52.1. The van der Waals surface area contributed by atoms with Crippen molar-refractivity contribution in [1.82, 2.24) is 67.0 Å². The van der Waals surface area contributed by atoms with E-state index in [0.717, 1.165) is 77.6 Å². The normalized spacial score (nSPS) is 13.9. The molecule has 1 aliphatic carbocycles. The molecule has 0 spiro atoms. The number of nitrogens with two attached hydrogens (primary N) is 1. The summed E-state index contributed by atoms with van der Waals surface area (Å²) in [6.07, 6.45) is 8.51. The molecule has 1 fully saturated rings. The lowest BCUT2D eigenvalue weighted by atomic mass is 10.0. The van der Waals surface area contributed by atoms with Crippen LogP contribution in [0.5, 0.6) is 5.75 Å². The van der Waals surface area contributed by atoms with E-state index >= 15 is 0 Å². The van der Waals surface area contributed by atoms with E-state index in [9.17, 15) is 82.4 Å². The number of rotatable bonds is 54. The number of anilines is 6. The van der Waals surface area contributed by atoms with E-state index in [-0.39, 0.29) is 118 Å². The summed E-state index contributed by atoms with van der Waals surface area (Å²) in [5, 5.41) is 51.7. The van der Waals surface area contributed by atoms with E-state index < -0.39 is 120 Å². The Morgan fingerprint density at radius 2 is 1.44 bits per heavy atom. The maximum absolute atomic E-state index is 14.1. The number of nitrogens with zero attached hydrogens (tertiary/aromatic N) is 9. The number of ether oxygens (including phenoxy) is 3. The van der Waals surface area contributed by atoms with Gasteiger partial charge in [0, 0.05) is 143 Å². The van der Waals surface area contributed by atoms with Crippen LogP contribution in [0.2, 0.25) is 0 Å². The summed E-state index contributed by atoms with van der Waals surface area (Å²) in [6, 6.07) is 11.6. The van der Waals surface area contributed by atoms with Crippen molar-refractivity contribution in [3.05, 3.63) is 105 Å². The van der Waals surface area contributed by atoms with E-state index in [1.807, 2.05) is 43.8 Å². The van der Waals surface area contributed by atoms with Crippen molar-refractivity contribution in [2.24, 2.45) is 9.98 Å². The number of carbonyl (C=O) groups is 13. The van der Waals surface area contributed by atoms with Crippen molar-refractivity contribution in [3.8, 4) is 17.6 Å². The largest absolute Gasteiger partial charge is 0.495 e. The van der Waals surface area contributed by atoms with Gasteiger partial charge in [-0.1, -0.05) is 72.6 Å². The lowest BCUT2D eigenvalue weighted by molar-refractivity contribution is -0.142. The molecule has 0 radical (unpaired) electrons. The Kier molecular flexibility index (Phi) is 41.5. The van der Waals surface area contributed by atoms with Crippen LogP contribution in [0.25, 0.3) is 0 Å². The third-order valence-electron chi connectivity index (χ3n) is 20.4. The fraction of sp³-hybridized carbons (Fsp3) is 0.494. The average Bonchev–Trinajstić information content (AvgIpc) is 1.66. The Hall–Kier alpha value is -12.9. The Bertz CT molecular complexity index is 4830. The summed E-state index contributed by atoms with van der Waals surface area (Å²) >= 11 is 0. The number of nitrogen functional groups attached to an aromatic ring is 1. The van der Waals surface area contributed by atoms with Gasteiger partial charge >= 0.3 is 24.0 Å². The average molecular weight is 1800 g/mol. The summed E-state index contributed by atoms with van der Waals surface area (Å²) in [7, 11) is 7.51. The highest BCUT2D eigenvalue weighted by atomic mass is 33.1. The van der Waals surface area contributed by atoms with Gasteiger partial charge < -0.3 is 108 Å². The predicted octanol–water partition coefficient (Wildman–Crippen LogP) is 5.86. The number of aromatic amines is 1. The zero-order chi connectivity index (χ0) is 92.7. The second-order valence-corrected chi connectivity index (χ2v) is 32.9. The molecule has 2 aliphatic rings. The number of hydrogen-bond donors (Lipinski definition) is 14. The minimum atomic E-state index is -1.85. The van der Waals surface area contributed by atoms with E-state index in [0.29, 0.717) is 84.0 Å². The fourth-order valence-electron chi connectivity index (χ4n) is 13.4. The van der Waals surface area contributed by atoms with Gasteiger partial charge in [0.1, 0.15) is 36.3 Å². The van der Waals surface area contributed by atoms with Crippen molar-refractivity contribution in [2.75, 3.05) is 112 Å². The molecule has 7 unspecified atom stereocenters. The topological polar surface area (TPSA) is 554 Å². The van der Waals surface area contributed by atoms with Gasteiger partial charge in [-0.25, -0.2) is 19.6 Å². The number of methoxy groups -OCH3 is 1. The first-order valence-electron chi connectivity index (χ1n) is 41.7. The van der Waals surface area contributed by atoms with Crippen molar-refractivity contribution >= 4 is 158 Å². The first-order valence-corrected chi connectivity index (χ1v) is 44.1. The van der Waals surface area contributed by atoms with Crippen molar-refractivity contribution < 1.29 is 91.9 Å². The number of aliphatic carboxylic acids is 3. The van der Waals surface area contributed by atoms with E-state index in [4.69, 9.17) is 24.9 Å². The van der Waals surface area contributed by atoms with E-state index in [1.54, 1.807) is 74.6 Å². The van der Waals surface area contributed by atoms with Crippen LogP contribution in [0.3, 0.4) is 0 Å². The zero-order valence-corrected chi connectivity index (χ0v) is 74.0. The Morgan fingerprint density at radius 3 is 2.07 bits per heavy atom. The maximum Gasteiger partial charge on any atom is 0.410 e. The smallest absolute Gasteiger partial charge is 0.410 e. The van der Waals surface area contributed by atoms with Crippen molar-refractivity contribution in [2.45, 2.75) is 185 Å². The molecule has 40 nitrogen and oxygen atoms in total. The molecule has 1 aliphatic heterocycles. The molecule has 15 N–H and O–H groups in total. The maximum atomic E-state index is 14.1. The SMILES string of the molecule is C=Nc1c(N=CCCNc2ccc(C(=O)NCCCC(=O)NC(CC(=O)O)C(=O)NCC(=O)NC(CC(=O)O)C(=O)NCC(=O)NC(CSSC(C)C(C)OC(=O)N(CCC#Cc3cccc4c3CN(C(C)CCC)C4=O)CCCOCCCNC(=O)c3ccc(Nc4ncc(N(C)C)c(N(C(C=O)CC)C5CCCC5)n4)c(OC)c3)C(=O)O)cc2)nc(N)[nH]c1=O. The highest BCUT2D eigenvalue weighted by molar-refractivity contribution is 8.77. The highest BCUT2D eigenvalue weighted by Gasteiger charge is 2.35. The number of carboxylic acids is 3. The number of aliphatic imine (C=N–C) groups is 2. The minimum absolute atomic E-state index is 0.00362. The van der Waals surface area contributed by atoms with Gasteiger partial charge in [-0.05, 0) is 133 Å². The van der Waals surface area contributed by atoms with Crippen LogP contribution in [-0.2, 0) is 59.2 Å². The Labute approximate surface area is 743 Å². The van der Waals surface area contributed by atoms with Crippen LogP contribution in [-0.4, -0.2) is 269 Å². The van der Waals surface area contributed by atoms with Crippen LogP contribution < -0.4 is 73.7 Å². The summed E-state index contributed by atoms with van der Waals surface area (Å²) in [6.45, 7) is 13.0. The molecule has 5 aromatic rings. The van der Waals surface area contributed by atoms with Crippen molar-refractivity contribution in [3.63, 3.8) is 0 Å². The number of aromatic nitrogens is 4. The number of nitrogens with one attached hydrogen (secondary N) is 10. The molecule has 2 aromatic heterocycles. The summed E-state index contributed by atoms with van der Waals surface area (Å²) in [5.41, 5.74) is 9.69. The number of benzene rings is 3. The van der Waals surface area contributed by atoms with Crippen LogP contribution >= 0.6 is 21.6 Å². The number of carbonyl (C=O) groups excluding carboxylic acids is 10. The highest BCUT2D eigenvalue weighted by Crippen LogP contribution is 2.38. The molecule has 7 rings (SSSR count). The molecule has 1 saturated carbocycles. The zero-order valence-electron chi connectivity index (χ0n) is 72.4. The number of fused-ring (bicyclic) bond motifs is 1. The summed E-state index contributed by atoms with van der Waals surface area (Å²) < 4.78 is 17.7. The van der Waals surface area contributed by atoms with Gasteiger partial charge in [-0.2, -0.15) is 9.97 Å². The number of carboxylic acid groups (broad SMARTS) is 3. The third kappa shape index (κ3) is 32.2. The van der Waals surface area contributed by atoms with Gasteiger partial charge in [0.2, 0.25) is 41.4 Å². The molecule has 0 saturated heterocycles. The quantitative estimate of drug-likeness (QED) is 0.00712. The van der Waals surface area contributed by atoms with E-state index in [1.165, 1.54) is 18.2 Å². The standard InChI is InChI=1S/C85H114N20O20S2/c1-10-21-51(3)104-48-61-54(23-16-26-60(61)81(104)119)22-14-15-38-103(39-20-41-124-40-19-37-91-77(115)56-30-33-62(67(42-56)123-9)98-84-94-45-66(102(7)8)75(100-84)105(58(11-2)49-106)59-24-12-13-25-59)85(122)125-52(4)53(5)127-126-50-65(82(120)121)97-70(109)47-93-79(117)64(44-72(112)113)96-69(108)46-92-78(116)63(43-71(110)111)95-68(107)27-17-34-90-76(114)55-28-31-57(32-29-55)88-35-18-36-89-74-73(87-6)80(118)101-83(86)99-74/h16,23,26,28-33,36,42,45,49,51-53,58-59,63-65,88H,6,10-13,15,17-21,24-25,27,34-35,37-41,43-44,46-48,50H2,1-5,7-9H3,(H,90,114)(H,91,115)(H,92,116)(H,93,117)(H,95,107)(H,96,108)(H,97,109)(H,110,111)(H,112,113)(H,120,121)(H,94,98,100)(H3,86,99,101,118). The second-order valence-electron chi connectivity index (χ2n) is 30.1. The first-order chi connectivity index (χ1) is 60.9. The Balaban J connectivity index is 0.836. The minimum Gasteiger partial charge on any atom is -0.495 e. The summed E-state index contributed by atoms with van der Waals surface area (Å²) in [5.74, 6) is -3.32. The number of hydrogen-bond acceptors (Lipinski definition) is 29. The molecule has 3 heterocycles. The van der Waals surface area contributed by atoms with Crippen LogP contribution in [0.1, 0.15) is 173 Å². The lowest BCUT2D eigenvalue weighted by Gasteiger charge is -2.36. The summed E-state index contributed by atoms with van der Waals surface area (Å²) in [4.78, 5) is 211. The number of aldehydes is 1. The lowest BCUT2D eigenvalue weighted by Crippen LogP contribution is -2.54. The molecular formula is C85H114N20O20S2. The van der Waals surface area contributed by atoms with Gasteiger partial charge in [0.25, 0.3) is 23.3 Å². The molecule has 9 amide bonds. The molecule has 7 atom stereocenters. The molecule has 42 heteroatoms. The first kappa shape index (κ1) is 101. The number of H-pyrrole nitrogens is 1. The molecule has 686 valence electrons. The molecule has 127 heavy (non-hydrogen) atoms. The van der Waals surface area contributed by atoms with Crippen LogP contribution in [0, 0.1) is 11.8 Å². The van der Waals surface area contributed by atoms with Gasteiger partial charge in [0.05, 0.1) is 56.7 Å². The van der Waals surface area contributed by atoms with Crippen LogP contribution in [0.4, 0.5) is 51.1 Å². The van der Waals surface area contributed by atoms with Gasteiger partial charge in [-0.15, -0.1) is 0 Å². The predicted molar refractivity (Wildman–Crippen MR) is 481 cm³/mol. The van der Waals surface area contributed by atoms with E-state index in [2.05, 4.69) is 103 Å². The molecular weight excluding hydrogens is 1690 g/mol. The molecule has 3 aromatic carbocycles. The van der Waals surface area contributed by atoms with Gasteiger partial charge in [0.15, 0.2) is 17.3 Å². The fourth-order valence-corrected chi connectivity index (χ4v) is 16.1. The van der Waals surface area contributed by atoms with Gasteiger partial charge in [-0.3, -0.25) is 62.7 Å². The number of amides is 9. The van der Waals surface area contributed by atoms with Crippen molar-refractivity contribution in [1.29, 1.82) is 0 Å². The van der Waals surface area contributed by atoms with Crippen LogP contribution in [0.15, 0.2) is 81.6 Å².